The molecular weight excluding hydrogens is 330 g/mol. The lowest BCUT2D eigenvalue weighted by Gasteiger charge is -2.15. The Morgan fingerprint density at radius 2 is 1.96 bits per heavy atom. The molecule has 2 rings (SSSR count). The lowest BCUT2D eigenvalue weighted by atomic mass is 9.97. The molecule has 0 aromatic heterocycles. The first-order valence-electron chi connectivity index (χ1n) is 7.10. The number of anilines is 1. The van der Waals surface area contributed by atoms with Gasteiger partial charge in [0.05, 0.1) is 11.0 Å². The number of nitro benzene ring substituents is 1. The maximum Gasteiger partial charge on any atom is 0.270 e. The average Bonchev–Trinajstić information content (AvgIpc) is 2.54. The van der Waals surface area contributed by atoms with E-state index in [2.05, 4.69) is 11.9 Å². The van der Waals surface area contributed by atoms with Gasteiger partial charge in [-0.1, -0.05) is 36.4 Å². The van der Waals surface area contributed by atoms with Gasteiger partial charge in [0.15, 0.2) is 0 Å². The molecule has 0 aliphatic carbocycles. The van der Waals surface area contributed by atoms with Crippen LogP contribution in [0.1, 0.15) is 18.1 Å². The molecule has 1 amide bonds. The number of nitrogens with two attached hydrogens (primary N) is 1. The topological polar surface area (TPSA) is 98.3 Å². The summed E-state index contributed by atoms with van der Waals surface area (Å²) in [4.78, 5) is 22.4. The van der Waals surface area contributed by atoms with Crippen LogP contribution in [0.3, 0.4) is 0 Å². The molecule has 0 bridgehead atoms. The van der Waals surface area contributed by atoms with Crippen molar-refractivity contribution in [3.05, 3.63) is 75.3 Å². The maximum atomic E-state index is 11.9. The molecule has 0 radical (unpaired) electrons. The molecule has 0 saturated heterocycles. The monoisotopic (exact) mass is 345 g/mol. The molecular formula is C17H16ClN3O3. The third kappa shape index (κ3) is 3.79. The van der Waals surface area contributed by atoms with Crippen molar-refractivity contribution in [3.8, 4) is 0 Å². The van der Waals surface area contributed by atoms with Gasteiger partial charge in [0.1, 0.15) is 0 Å². The summed E-state index contributed by atoms with van der Waals surface area (Å²) in [7, 11) is 0. The SMILES string of the molecule is C=C(c1ccccc1Cl)c1cc([N+](=O)[O-])ccc1NC(=O)C(C)N. The number of benzene rings is 2. The molecule has 7 heteroatoms. The lowest BCUT2D eigenvalue weighted by molar-refractivity contribution is -0.384. The van der Waals surface area contributed by atoms with Gasteiger partial charge in [0.25, 0.3) is 5.69 Å². The number of halogens is 1. The Morgan fingerprint density at radius 1 is 1.29 bits per heavy atom. The number of amides is 1. The van der Waals surface area contributed by atoms with Crippen molar-refractivity contribution in [1.29, 1.82) is 0 Å². The van der Waals surface area contributed by atoms with Crippen LogP contribution < -0.4 is 11.1 Å². The Labute approximate surface area is 144 Å². The Bertz CT molecular complexity index is 818. The summed E-state index contributed by atoms with van der Waals surface area (Å²) in [6.45, 7) is 5.52. The largest absolute Gasteiger partial charge is 0.324 e. The molecule has 0 aliphatic heterocycles. The Morgan fingerprint density at radius 3 is 2.54 bits per heavy atom. The van der Waals surface area contributed by atoms with E-state index in [1.807, 2.05) is 0 Å². The lowest BCUT2D eigenvalue weighted by Crippen LogP contribution is -2.32. The van der Waals surface area contributed by atoms with Crippen molar-refractivity contribution >= 4 is 34.5 Å². The summed E-state index contributed by atoms with van der Waals surface area (Å²) in [5.41, 5.74) is 7.32. The van der Waals surface area contributed by atoms with Crippen molar-refractivity contribution in [2.45, 2.75) is 13.0 Å². The third-order valence-corrected chi connectivity index (χ3v) is 3.74. The second-order valence-electron chi connectivity index (χ2n) is 5.22. The molecule has 0 aliphatic rings. The van der Waals surface area contributed by atoms with Gasteiger partial charge in [0, 0.05) is 34.0 Å². The van der Waals surface area contributed by atoms with Gasteiger partial charge >= 0.3 is 0 Å². The predicted molar refractivity (Wildman–Crippen MR) is 95.0 cm³/mol. The van der Waals surface area contributed by atoms with E-state index in [1.54, 1.807) is 31.2 Å². The molecule has 2 aromatic carbocycles. The van der Waals surface area contributed by atoms with Crippen LogP contribution in [0.2, 0.25) is 5.02 Å². The fourth-order valence-electron chi connectivity index (χ4n) is 2.10. The first-order chi connectivity index (χ1) is 11.3. The molecule has 1 atom stereocenters. The average molecular weight is 346 g/mol. The van der Waals surface area contributed by atoms with Gasteiger partial charge in [-0.3, -0.25) is 14.9 Å². The fraction of sp³-hybridized carbons (Fsp3) is 0.118. The number of nitro groups is 1. The van der Waals surface area contributed by atoms with Crippen LogP contribution in [-0.2, 0) is 4.79 Å². The van der Waals surface area contributed by atoms with Gasteiger partial charge in [-0.2, -0.15) is 0 Å². The second-order valence-corrected chi connectivity index (χ2v) is 5.63. The van der Waals surface area contributed by atoms with Gasteiger partial charge < -0.3 is 11.1 Å². The van der Waals surface area contributed by atoms with Crippen LogP contribution in [0.5, 0.6) is 0 Å². The number of nitrogens with zero attached hydrogens (tertiary/aromatic N) is 1. The van der Waals surface area contributed by atoms with Gasteiger partial charge in [-0.25, -0.2) is 0 Å². The predicted octanol–water partition coefficient (Wildman–Crippen LogP) is 3.60. The van der Waals surface area contributed by atoms with Crippen molar-refractivity contribution in [2.75, 3.05) is 5.32 Å². The van der Waals surface area contributed by atoms with E-state index in [-0.39, 0.29) is 5.69 Å². The number of hydrogen-bond acceptors (Lipinski definition) is 4. The smallest absolute Gasteiger partial charge is 0.270 e. The third-order valence-electron chi connectivity index (χ3n) is 3.41. The molecule has 0 spiro atoms. The summed E-state index contributed by atoms with van der Waals surface area (Å²) in [6.07, 6.45) is 0. The zero-order valence-corrected chi connectivity index (χ0v) is 13.7. The minimum atomic E-state index is -0.721. The molecule has 3 N–H and O–H groups in total. The summed E-state index contributed by atoms with van der Waals surface area (Å²) in [6, 6.07) is 10.4. The van der Waals surface area contributed by atoms with Crippen molar-refractivity contribution in [3.63, 3.8) is 0 Å². The maximum absolute atomic E-state index is 11.9. The number of non-ortho nitro benzene ring substituents is 1. The van der Waals surface area contributed by atoms with E-state index in [0.717, 1.165) is 0 Å². The van der Waals surface area contributed by atoms with E-state index in [1.165, 1.54) is 18.2 Å². The number of rotatable bonds is 5. The van der Waals surface area contributed by atoms with Crippen LogP contribution in [0, 0.1) is 10.1 Å². The Balaban J connectivity index is 2.54. The van der Waals surface area contributed by atoms with Crippen LogP contribution in [-0.4, -0.2) is 16.9 Å². The highest BCUT2D eigenvalue weighted by molar-refractivity contribution is 6.32. The van der Waals surface area contributed by atoms with E-state index < -0.39 is 16.9 Å². The second kappa shape index (κ2) is 7.25. The van der Waals surface area contributed by atoms with Crippen molar-refractivity contribution in [2.24, 2.45) is 5.73 Å². The summed E-state index contributed by atoms with van der Waals surface area (Å²) < 4.78 is 0. The molecule has 124 valence electrons. The van der Waals surface area contributed by atoms with Crippen LogP contribution in [0.25, 0.3) is 5.57 Å². The fourth-order valence-corrected chi connectivity index (χ4v) is 2.35. The molecule has 0 saturated carbocycles. The normalized spacial score (nSPS) is 11.6. The van der Waals surface area contributed by atoms with E-state index in [9.17, 15) is 14.9 Å². The Hall–Kier alpha value is -2.70. The standard InChI is InChI=1S/C17H16ClN3O3/c1-10(13-5-3-4-6-15(13)18)14-9-12(21(23)24)7-8-16(14)20-17(22)11(2)19/h3-9,11H,1,19H2,2H3,(H,20,22). The first-order valence-corrected chi connectivity index (χ1v) is 7.48. The Kier molecular flexibility index (Phi) is 5.33. The molecule has 2 aromatic rings. The van der Waals surface area contributed by atoms with Crippen molar-refractivity contribution < 1.29 is 9.72 Å². The van der Waals surface area contributed by atoms with E-state index in [0.29, 0.717) is 27.4 Å². The molecule has 24 heavy (non-hydrogen) atoms. The summed E-state index contributed by atoms with van der Waals surface area (Å²) in [5, 5.41) is 14.2. The van der Waals surface area contributed by atoms with E-state index >= 15 is 0 Å². The number of hydrogen-bond donors (Lipinski definition) is 2. The van der Waals surface area contributed by atoms with Crippen LogP contribution in [0.15, 0.2) is 49.0 Å². The van der Waals surface area contributed by atoms with Crippen LogP contribution in [0.4, 0.5) is 11.4 Å². The number of carbonyl (C=O) groups is 1. The summed E-state index contributed by atoms with van der Waals surface area (Å²) >= 11 is 6.18. The van der Waals surface area contributed by atoms with Gasteiger partial charge in [-0.05, 0) is 24.6 Å². The van der Waals surface area contributed by atoms with E-state index in [4.69, 9.17) is 17.3 Å². The molecule has 6 nitrogen and oxygen atoms in total. The highest BCUT2D eigenvalue weighted by atomic mass is 35.5. The van der Waals surface area contributed by atoms with Gasteiger partial charge in [0.2, 0.25) is 5.91 Å². The molecule has 0 heterocycles. The highest BCUT2D eigenvalue weighted by Gasteiger charge is 2.18. The zero-order valence-electron chi connectivity index (χ0n) is 13.0. The van der Waals surface area contributed by atoms with Gasteiger partial charge in [-0.15, -0.1) is 0 Å². The van der Waals surface area contributed by atoms with Crippen molar-refractivity contribution in [1.82, 2.24) is 0 Å². The summed E-state index contributed by atoms with van der Waals surface area (Å²) in [5.74, 6) is -0.405. The quantitative estimate of drug-likeness (QED) is 0.639. The number of carbonyl (C=O) groups excluding carboxylic acids is 1. The molecule has 0 fully saturated rings. The van der Waals surface area contributed by atoms with Crippen LogP contribution >= 0.6 is 11.6 Å². The molecule has 1 unspecified atom stereocenters. The first kappa shape index (κ1) is 17.7. The highest BCUT2D eigenvalue weighted by Crippen LogP contribution is 2.34. The minimum absolute atomic E-state index is 0.114. The minimum Gasteiger partial charge on any atom is -0.324 e. The zero-order chi connectivity index (χ0) is 17.9. The number of nitrogens with one attached hydrogen (secondary N) is 1.